The van der Waals surface area contributed by atoms with Gasteiger partial charge in [-0.3, -0.25) is 0 Å². The predicted molar refractivity (Wildman–Crippen MR) is 87.0 cm³/mol. The van der Waals surface area contributed by atoms with E-state index in [4.69, 9.17) is 0 Å². The van der Waals surface area contributed by atoms with E-state index in [-0.39, 0.29) is 6.04 Å². The highest BCUT2D eigenvalue weighted by Gasteiger charge is 2.20. The summed E-state index contributed by atoms with van der Waals surface area (Å²) < 4.78 is 0.881. The molecule has 1 aliphatic carbocycles. The summed E-state index contributed by atoms with van der Waals surface area (Å²) in [4.78, 5) is 11.3. The maximum absolute atomic E-state index is 11.3. The topological polar surface area (TPSA) is 49.3 Å². The molecule has 21 heavy (non-hydrogen) atoms. The quantitative estimate of drug-likeness (QED) is 0.879. The molecular weight excluding hydrogens is 330 g/mol. The van der Waals surface area contributed by atoms with E-state index in [0.717, 1.165) is 23.7 Å². The first-order valence-electron chi connectivity index (χ1n) is 6.99. The number of aryl methyl sites for hydroxylation is 1. The van der Waals surface area contributed by atoms with Gasteiger partial charge < -0.3 is 10.4 Å². The summed E-state index contributed by atoms with van der Waals surface area (Å²) in [5.74, 6) is -0.902. The molecule has 1 atom stereocenters. The van der Waals surface area contributed by atoms with Crippen molar-refractivity contribution in [3.8, 4) is 0 Å². The van der Waals surface area contributed by atoms with Crippen LogP contribution >= 0.6 is 15.9 Å². The minimum absolute atomic E-state index is 0.271. The Morgan fingerprint density at radius 1 is 1.19 bits per heavy atom. The second-order valence-electron chi connectivity index (χ2n) is 5.35. The van der Waals surface area contributed by atoms with Crippen molar-refractivity contribution < 1.29 is 9.90 Å². The lowest BCUT2D eigenvalue weighted by Crippen LogP contribution is -2.28. The minimum atomic E-state index is -0.902. The molecule has 0 saturated heterocycles. The zero-order chi connectivity index (χ0) is 14.8. The van der Waals surface area contributed by atoms with E-state index >= 15 is 0 Å². The molecule has 4 heteroatoms. The molecule has 0 heterocycles. The van der Waals surface area contributed by atoms with E-state index in [9.17, 15) is 9.90 Å². The van der Waals surface area contributed by atoms with Gasteiger partial charge in [0.05, 0.1) is 11.3 Å². The van der Waals surface area contributed by atoms with Crippen LogP contribution in [0.3, 0.4) is 0 Å². The summed E-state index contributed by atoms with van der Waals surface area (Å²) in [6, 6.07) is 14.0. The summed E-state index contributed by atoms with van der Waals surface area (Å²) in [5, 5.41) is 12.7. The van der Waals surface area contributed by atoms with Gasteiger partial charge in [0.2, 0.25) is 0 Å². The first-order chi connectivity index (χ1) is 10.1. The molecule has 0 amide bonds. The Morgan fingerprint density at radius 2 is 1.95 bits per heavy atom. The average molecular weight is 346 g/mol. The second kappa shape index (κ2) is 5.90. The molecule has 0 fully saturated rings. The summed E-state index contributed by atoms with van der Waals surface area (Å²) in [5.41, 5.74) is 3.76. The monoisotopic (exact) mass is 345 g/mol. The van der Waals surface area contributed by atoms with Gasteiger partial charge in [0.15, 0.2) is 0 Å². The number of halogens is 1. The van der Waals surface area contributed by atoms with Crippen molar-refractivity contribution in [1.29, 1.82) is 0 Å². The van der Waals surface area contributed by atoms with E-state index in [1.165, 1.54) is 11.1 Å². The van der Waals surface area contributed by atoms with Crippen LogP contribution in [0.25, 0.3) is 0 Å². The number of anilines is 1. The molecule has 3 rings (SSSR count). The number of nitrogens with one attached hydrogen (secondary N) is 1. The largest absolute Gasteiger partial charge is 0.478 e. The van der Waals surface area contributed by atoms with Gasteiger partial charge in [0.1, 0.15) is 0 Å². The predicted octanol–water partition coefficient (Wildman–Crippen LogP) is 4.12. The molecule has 2 N–H and O–H groups in total. The molecule has 1 aliphatic rings. The number of carboxylic acids is 1. The van der Waals surface area contributed by atoms with E-state index in [2.05, 4.69) is 45.5 Å². The molecule has 108 valence electrons. The van der Waals surface area contributed by atoms with Crippen LogP contribution in [0, 0.1) is 0 Å². The zero-order valence-corrected chi connectivity index (χ0v) is 13.1. The van der Waals surface area contributed by atoms with Crippen LogP contribution in [-0.2, 0) is 12.8 Å². The number of carboxylic acid groups (broad SMARTS) is 1. The third-order valence-corrected chi connectivity index (χ3v) is 4.41. The van der Waals surface area contributed by atoms with Crippen molar-refractivity contribution in [2.24, 2.45) is 0 Å². The fourth-order valence-electron chi connectivity index (χ4n) is 2.86. The van der Waals surface area contributed by atoms with Gasteiger partial charge in [-0.1, -0.05) is 40.2 Å². The van der Waals surface area contributed by atoms with Gasteiger partial charge in [0, 0.05) is 10.5 Å². The Hall–Kier alpha value is -1.81. The number of fused-ring (bicyclic) bond motifs is 1. The Kier molecular flexibility index (Phi) is 3.97. The Morgan fingerprint density at radius 3 is 2.71 bits per heavy atom. The fraction of sp³-hybridized carbons (Fsp3) is 0.235. The lowest BCUT2D eigenvalue weighted by atomic mass is 9.88. The third-order valence-electron chi connectivity index (χ3n) is 3.92. The molecule has 3 nitrogen and oxygen atoms in total. The molecule has 0 bridgehead atoms. The van der Waals surface area contributed by atoms with Crippen molar-refractivity contribution in [2.45, 2.75) is 25.3 Å². The highest BCUT2D eigenvalue weighted by atomic mass is 79.9. The lowest BCUT2D eigenvalue weighted by molar-refractivity contribution is 0.0698. The summed E-state index contributed by atoms with van der Waals surface area (Å²) in [7, 11) is 0. The lowest BCUT2D eigenvalue weighted by Gasteiger charge is -2.27. The van der Waals surface area contributed by atoms with E-state index in [1.54, 1.807) is 12.1 Å². The van der Waals surface area contributed by atoms with E-state index in [1.807, 2.05) is 6.07 Å². The Balaban J connectivity index is 1.82. The summed E-state index contributed by atoms with van der Waals surface area (Å²) in [6.45, 7) is 0. The van der Waals surface area contributed by atoms with Crippen LogP contribution in [0.15, 0.2) is 46.9 Å². The number of carbonyl (C=O) groups is 1. The summed E-state index contributed by atoms with van der Waals surface area (Å²) >= 11 is 3.40. The molecule has 0 spiro atoms. The van der Waals surface area contributed by atoms with Gasteiger partial charge in [-0.2, -0.15) is 0 Å². The van der Waals surface area contributed by atoms with Gasteiger partial charge in [0.25, 0.3) is 0 Å². The number of rotatable bonds is 3. The molecule has 2 aromatic carbocycles. The Bertz CT molecular complexity index is 684. The SMILES string of the molecule is O=C(O)c1ccc(Br)cc1NC1CCc2ccccc2C1. The third kappa shape index (κ3) is 3.10. The number of hydrogen-bond donors (Lipinski definition) is 2. The van der Waals surface area contributed by atoms with Crippen molar-refractivity contribution in [2.75, 3.05) is 5.32 Å². The van der Waals surface area contributed by atoms with Crippen LogP contribution in [-0.4, -0.2) is 17.1 Å². The van der Waals surface area contributed by atoms with Crippen molar-refractivity contribution in [1.82, 2.24) is 0 Å². The maximum Gasteiger partial charge on any atom is 0.337 e. The molecule has 0 aromatic heterocycles. The van der Waals surface area contributed by atoms with Crippen LogP contribution < -0.4 is 5.32 Å². The van der Waals surface area contributed by atoms with Crippen molar-refractivity contribution in [3.63, 3.8) is 0 Å². The van der Waals surface area contributed by atoms with Crippen molar-refractivity contribution in [3.05, 3.63) is 63.6 Å². The second-order valence-corrected chi connectivity index (χ2v) is 6.26. The highest BCUT2D eigenvalue weighted by Crippen LogP contribution is 2.27. The van der Waals surface area contributed by atoms with Gasteiger partial charge >= 0.3 is 5.97 Å². The number of benzene rings is 2. The molecule has 1 unspecified atom stereocenters. The van der Waals surface area contributed by atoms with Crippen LogP contribution in [0.1, 0.15) is 27.9 Å². The van der Waals surface area contributed by atoms with Gasteiger partial charge in [-0.05, 0) is 48.6 Å². The maximum atomic E-state index is 11.3. The van der Waals surface area contributed by atoms with Crippen molar-refractivity contribution >= 4 is 27.6 Å². The molecule has 0 aliphatic heterocycles. The van der Waals surface area contributed by atoms with E-state index < -0.39 is 5.97 Å². The fourth-order valence-corrected chi connectivity index (χ4v) is 3.22. The molecular formula is C17H16BrNO2. The first-order valence-corrected chi connectivity index (χ1v) is 7.79. The minimum Gasteiger partial charge on any atom is -0.478 e. The normalized spacial score (nSPS) is 17.1. The van der Waals surface area contributed by atoms with Gasteiger partial charge in [-0.15, -0.1) is 0 Å². The summed E-state index contributed by atoms with van der Waals surface area (Å²) in [6.07, 6.45) is 2.98. The number of hydrogen-bond acceptors (Lipinski definition) is 2. The Labute approximate surface area is 132 Å². The molecule has 0 saturated carbocycles. The average Bonchev–Trinajstić information content (AvgIpc) is 2.47. The van der Waals surface area contributed by atoms with E-state index in [0.29, 0.717) is 11.3 Å². The zero-order valence-electron chi connectivity index (χ0n) is 11.5. The van der Waals surface area contributed by atoms with Gasteiger partial charge in [-0.25, -0.2) is 4.79 Å². The first kappa shape index (κ1) is 14.1. The van der Waals surface area contributed by atoms with Crippen LogP contribution in [0.4, 0.5) is 5.69 Å². The highest BCUT2D eigenvalue weighted by molar-refractivity contribution is 9.10. The number of aromatic carboxylic acids is 1. The van der Waals surface area contributed by atoms with Crippen LogP contribution in [0.5, 0.6) is 0 Å². The smallest absolute Gasteiger partial charge is 0.337 e. The molecule has 2 aromatic rings. The molecule has 0 radical (unpaired) electrons. The van der Waals surface area contributed by atoms with Crippen LogP contribution in [0.2, 0.25) is 0 Å². The standard InChI is InChI=1S/C17H16BrNO2/c18-13-6-8-15(17(20)21)16(10-13)19-14-7-5-11-3-1-2-4-12(11)9-14/h1-4,6,8,10,14,19H,5,7,9H2,(H,20,21).